The maximum absolute atomic E-state index is 13.5. The van der Waals surface area contributed by atoms with Gasteiger partial charge in [0.2, 0.25) is 11.8 Å². The zero-order valence-corrected chi connectivity index (χ0v) is 21.1. The number of nitrogens with one attached hydrogen (secondary N) is 2. The number of aliphatic hydroxyl groups excluding tert-OH is 1. The fraction of sp³-hybridized carbons (Fsp3) is 0.625. The van der Waals surface area contributed by atoms with Crippen LogP contribution in [0, 0.1) is 6.92 Å². The van der Waals surface area contributed by atoms with E-state index in [1.54, 1.807) is 80.5 Å². The minimum atomic E-state index is -1.35. The van der Waals surface area contributed by atoms with Gasteiger partial charge in [0.1, 0.15) is 23.4 Å². The number of aromatic hydroxyl groups is 1. The number of phenolic OH excluding ortho intramolecular Hbond substituents is 1. The lowest BCUT2D eigenvalue weighted by Crippen LogP contribution is -2.57. The summed E-state index contributed by atoms with van der Waals surface area (Å²) in [5, 5.41) is 25.9. The summed E-state index contributed by atoms with van der Waals surface area (Å²) in [6, 6.07) is 1.90. The maximum Gasteiger partial charge on any atom is 0.408 e. The molecule has 0 aliphatic rings. The number of carbonyl (C=O) groups is 3. The van der Waals surface area contributed by atoms with Crippen LogP contribution >= 0.6 is 0 Å². The lowest BCUT2D eigenvalue weighted by molar-refractivity contribution is -0.146. The fourth-order valence-electron chi connectivity index (χ4n) is 3.25. The molecule has 3 amide bonds. The molecule has 0 aromatic heterocycles. The number of nitrogens with zero attached hydrogens (tertiary/aromatic N) is 1. The first-order chi connectivity index (χ1) is 15.0. The molecule has 186 valence electrons. The normalized spacial score (nSPS) is 13.8. The van der Waals surface area contributed by atoms with Gasteiger partial charge in [0, 0.05) is 17.1 Å². The Bertz CT molecular complexity index is 855. The highest BCUT2D eigenvalue weighted by molar-refractivity contribution is 5.93. The van der Waals surface area contributed by atoms with E-state index >= 15 is 0 Å². The van der Waals surface area contributed by atoms with Gasteiger partial charge in [0.15, 0.2) is 0 Å². The summed E-state index contributed by atoms with van der Waals surface area (Å²) in [5.41, 5.74) is -0.616. The fourth-order valence-corrected chi connectivity index (χ4v) is 3.25. The molecule has 0 fully saturated rings. The Morgan fingerprint density at radius 3 is 2.12 bits per heavy atom. The van der Waals surface area contributed by atoms with Gasteiger partial charge in [-0.3, -0.25) is 9.59 Å². The Labute approximate surface area is 196 Å². The van der Waals surface area contributed by atoms with E-state index in [0.717, 1.165) is 0 Å². The number of phenols is 1. The van der Waals surface area contributed by atoms with Gasteiger partial charge in [0.25, 0.3) is 0 Å². The molecule has 1 aromatic carbocycles. The molecule has 1 rings (SSSR count). The molecule has 0 saturated heterocycles. The molecule has 0 bridgehead atoms. The first-order valence-electron chi connectivity index (χ1n) is 11.0. The average molecular weight is 466 g/mol. The summed E-state index contributed by atoms with van der Waals surface area (Å²) in [6.07, 6.45) is -0.868. The van der Waals surface area contributed by atoms with E-state index in [9.17, 15) is 24.6 Å². The molecule has 0 aliphatic heterocycles. The average Bonchev–Trinajstić information content (AvgIpc) is 2.63. The summed E-state index contributed by atoms with van der Waals surface area (Å²) in [6.45, 7) is 14.9. The predicted octanol–water partition coefficient (Wildman–Crippen LogP) is 2.78. The first-order valence-corrected chi connectivity index (χ1v) is 11.0. The number of alkyl carbamates (subject to hydrolysis) is 1. The largest absolute Gasteiger partial charge is 0.507 e. The Hall–Kier alpha value is -2.81. The molecule has 0 aliphatic carbocycles. The van der Waals surface area contributed by atoms with Gasteiger partial charge < -0.3 is 30.5 Å². The van der Waals surface area contributed by atoms with Crippen molar-refractivity contribution < 1.29 is 29.3 Å². The molecule has 9 heteroatoms. The predicted molar refractivity (Wildman–Crippen MR) is 126 cm³/mol. The minimum Gasteiger partial charge on any atom is -0.507 e. The standard InChI is InChI=1S/C24H39N3O6/c1-14(2)27(21(31)17(13-28)25-22(32)33-24(7,8)9)18(20(30)26-23(4,5)6)16-12-10-11-15(3)19(16)29/h10-12,14,17-18,28-29H,13H2,1-9H3,(H,25,32)(H,26,30). The van der Waals surface area contributed by atoms with Crippen molar-refractivity contribution in [3.8, 4) is 5.75 Å². The number of aliphatic hydroxyl groups is 1. The molecule has 0 saturated carbocycles. The molecular weight excluding hydrogens is 426 g/mol. The monoisotopic (exact) mass is 465 g/mol. The number of amides is 3. The molecule has 2 atom stereocenters. The van der Waals surface area contributed by atoms with Crippen LogP contribution in [0.3, 0.4) is 0 Å². The molecular formula is C24H39N3O6. The number of benzene rings is 1. The van der Waals surface area contributed by atoms with Gasteiger partial charge in [-0.05, 0) is 67.9 Å². The topological polar surface area (TPSA) is 128 Å². The molecule has 2 unspecified atom stereocenters. The lowest BCUT2D eigenvalue weighted by Gasteiger charge is -2.38. The van der Waals surface area contributed by atoms with Crippen LogP contribution in [-0.2, 0) is 14.3 Å². The highest BCUT2D eigenvalue weighted by Gasteiger charge is 2.39. The number of ether oxygens (including phenoxy) is 1. The zero-order chi connectivity index (χ0) is 25.7. The Morgan fingerprint density at radius 1 is 1.09 bits per heavy atom. The van der Waals surface area contributed by atoms with Gasteiger partial charge in [-0.15, -0.1) is 0 Å². The first kappa shape index (κ1) is 28.2. The van der Waals surface area contributed by atoms with Crippen LogP contribution in [0.5, 0.6) is 5.75 Å². The van der Waals surface area contributed by atoms with Crippen molar-refractivity contribution in [1.29, 1.82) is 0 Å². The third-order valence-corrected chi connectivity index (χ3v) is 4.57. The number of hydrogen-bond acceptors (Lipinski definition) is 6. The lowest BCUT2D eigenvalue weighted by atomic mass is 9.97. The summed E-state index contributed by atoms with van der Waals surface area (Å²) in [7, 11) is 0. The summed E-state index contributed by atoms with van der Waals surface area (Å²) >= 11 is 0. The van der Waals surface area contributed by atoms with Gasteiger partial charge in [0.05, 0.1) is 6.61 Å². The second kappa shape index (κ2) is 10.9. The smallest absolute Gasteiger partial charge is 0.408 e. The minimum absolute atomic E-state index is 0.106. The number of carbonyl (C=O) groups excluding carboxylic acids is 3. The Morgan fingerprint density at radius 2 is 1.67 bits per heavy atom. The van der Waals surface area contributed by atoms with E-state index < -0.39 is 53.8 Å². The van der Waals surface area contributed by atoms with E-state index in [1.165, 1.54) is 4.90 Å². The van der Waals surface area contributed by atoms with Crippen LogP contribution in [0.1, 0.15) is 72.6 Å². The number of aryl methyl sites for hydroxylation is 1. The van der Waals surface area contributed by atoms with Gasteiger partial charge in [-0.1, -0.05) is 18.2 Å². The van der Waals surface area contributed by atoms with E-state index in [-0.39, 0.29) is 11.3 Å². The van der Waals surface area contributed by atoms with Crippen molar-refractivity contribution in [2.45, 2.75) is 91.6 Å². The van der Waals surface area contributed by atoms with Gasteiger partial charge in [-0.2, -0.15) is 0 Å². The zero-order valence-electron chi connectivity index (χ0n) is 21.1. The number of para-hydroxylation sites is 1. The van der Waals surface area contributed by atoms with Crippen molar-refractivity contribution in [2.24, 2.45) is 0 Å². The Kier molecular flexibility index (Phi) is 9.30. The van der Waals surface area contributed by atoms with E-state index in [4.69, 9.17) is 4.74 Å². The van der Waals surface area contributed by atoms with Crippen LogP contribution in [0.2, 0.25) is 0 Å². The van der Waals surface area contributed by atoms with Crippen LogP contribution in [0.15, 0.2) is 18.2 Å². The van der Waals surface area contributed by atoms with Gasteiger partial charge >= 0.3 is 6.09 Å². The number of rotatable bonds is 7. The molecule has 1 aromatic rings. The summed E-state index contributed by atoms with van der Waals surface area (Å²) in [4.78, 5) is 40.4. The molecule has 0 heterocycles. The molecule has 0 spiro atoms. The second-order valence-corrected chi connectivity index (χ2v) is 10.4. The van der Waals surface area contributed by atoms with Crippen molar-refractivity contribution in [2.75, 3.05) is 6.61 Å². The van der Waals surface area contributed by atoms with Crippen molar-refractivity contribution >= 4 is 17.9 Å². The SMILES string of the molecule is Cc1cccc(C(C(=O)NC(C)(C)C)N(C(=O)C(CO)NC(=O)OC(C)(C)C)C(C)C)c1O. The van der Waals surface area contributed by atoms with Crippen LogP contribution in [0.25, 0.3) is 0 Å². The Balaban J connectivity index is 3.48. The number of hydrogen-bond donors (Lipinski definition) is 4. The highest BCUT2D eigenvalue weighted by atomic mass is 16.6. The summed E-state index contributed by atoms with van der Waals surface area (Å²) < 4.78 is 5.20. The molecule has 33 heavy (non-hydrogen) atoms. The quantitative estimate of drug-likeness (QED) is 0.490. The van der Waals surface area contributed by atoms with Gasteiger partial charge in [-0.25, -0.2) is 4.79 Å². The third kappa shape index (κ3) is 8.24. The maximum atomic E-state index is 13.5. The molecule has 9 nitrogen and oxygen atoms in total. The van der Waals surface area contributed by atoms with Crippen LogP contribution < -0.4 is 10.6 Å². The van der Waals surface area contributed by atoms with E-state index in [0.29, 0.717) is 5.56 Å². The van der Waals surface area contributed by atoms with Crippen LogP contribution in [0.4, 0.5) is 4.79 Å². The van der Waals surface area contributed by atoms with Crippen molar-refractivity contribution in [1.82, 2.24) is 15.5 Å². The van der Waals surface area contributed by atoms with E-state index in [1.807, 2.05) is 0 Å². The van der Waals surface area contributed by atoms with Crippen molar-refractivity contribution in [3.05, 3.63) is 29.3 Å². The molecule has 0 radical (unpaired) electrons. The van der Waals surface area contributed by atoms with Crippen LogP contribution in [-0.4, -0.2) is 62.9 Å². The van der Waals surface area contributed by atoms with E-state index in [2.05, 4.69) is 10.6 Å². The highest BCUT2D eigenvalue weighted by Crippen LogP contribution is 2.33. The molecule has 4 N–H and O–H groups in total. The third-order valence-electron chi connectivity index (χ3n) is 4.57. The second-order valence-electron chi connectivity index (χ2n) is 10.4. The van der Waals surface area contributed by atoms with Crippen molar-refractivity contribution in [3.63, 3.8) is 0 Å². The summed E-state index contributed by atoms with van der Waals surface area (Å²) in [5.74, 6) is -1.29.